The maximum absolute atomic E-state index is 13.5. The number of rotatable bonds is 2. The molecule has 1 aromatic carbocycles. The largest absolute Gasteiger partial charge is 0.377 e. The number of carbonyl (C=O) groups excluding carboxylic acids is 1. The van der Waals surface area contributed by atoms with Crippen LogP contribution >= 0.6 is 0 Å². The van der Waals surface area contributed by atoms with Crippen molar-refractivity contribution in [2.75, 3.05) is 32.5 Å². The summed E-state index contributed by atoms with van der Waals surface area (Å²) in [6.07, 6.45) is 1.35. The van der Waals surface area contributed by atoms with Gasteiger partial charge in [-0.15, -0.1) is 0 Å². The zero-order valence-corrected chi connectivity index (χ0v) is 11.7. The van der Waals surface area contributed by atoms with Gasteiger partial charge in [0, 0.05) is 33.2 Å². The van der Waals surface area contributed by atoms with E-state index in [2.05, 4.69) is 5.32 Å². The second-order valence-corrected chi connectivity index (χ2v) is 5.18. The SMILES string of the molecule is CN(C)C(=O)N1CCC(Nc2c(F)cccc2F)CC1. The molecule has 0 spiro atoms. The highest BCUT2D eigenvalue weighted by molar-refractivity contribution is 5.73. The van der Waals surface area contributed by atoms with Gasteiger partial charge >= 0.3 is 6.03 Å². The van der Waals surface area contributed by atoms with E-state index in [4.69, 9.17) is 0 Å². The van der Waals surface area contributed by atoms with Gasteiger partial charge in [0.1, 0.15) is 17.3 Å². The Balaban J connectivity index is 1.93. The molecule has 0 atom stereocenters. The third-order valence-corrected chi connectivity index (χ3v) is 3.46. The number of carbonyl (C=O) groups is 1. The van der Waals surface area contributed by atoms with Crippen molar-refractivity contribution >= 4 is 11.7 Å². The molecule has 0 aromatic heterocycles. The Morgan fingerprint density at radius 1 is 1.25 bits per heavy atom. The van der Waals surface area contributed by atoms with Gasteiger partial charge < -0.3 is 15.1 Å². The number of amides is 2. The lowest BCUT2D eigenvalue weighted by Crippen LogP contribution is -2.46. The molecule has 6 heteroatoms. The molecule has 0 aliphatic carbocycles. The Morgan fingerprint density at radius 2 is 1.80 bits per heavy atom. The van der Waals surface area contributed by atoms with Gasteiger partial charge in [-0.3, -0.25) is 0 Å². The van der Waals surface area contributed by atoms with Crippen LogP contribution in [0.25, 0.3) is 0 Å². The second kappa shape index (κ2) is 6.07. The minimum atomic E-state index is -0.586. The Morgan fingerprint density at radius 3 is 2.30 bits per heavy atom. The zero-order valence-electron chi connectivity index (χ0n) is 11.7. The van der Waals surface area contributed by atoms with Crippen molar-refractivity contribution in [1.29, 1.82) is 0 Å². The highest BCUT2D eigenvalue weighted by Gasteiger charge is 2.24. The first-order chi connectivity index (χ1) is 9.49. The molecule has 110 valence electrons. The lowest BCUT2D eigenvalue weighted by Gasteiger charge is -2.34. The molecule has 1 N–H and O–H groups in total. The monoisotopic (exact) mass is 283 g/mol. The Labute approximate surface area is 117 Å². The Kier molecular flexibility index (Phi) is 4.42. The van der Waals surface area contributed by atoms with E-state index in [-0.39, 0.29) is 17.8 Å². The summed E-state index contributed by atoms with van der Waals surface area (Å²) in [7, 11) is 3.42. The zero-order chi connectivity index (χ0) is 14.7. The molecule has 0 radical (unpaired) electrons. The van der Waals surface area contributed by atoms with E-state index in [0.29, 0.717) is 25.9 Å². The molecule has 0 bridgehead atoms. The van der Waals surface area contributed by atoms with Crippen molar-refractivity contribution in [2.24, 2.45) is 0 Å². The third-order valence-electron chi connectivity index (χ3n) is 3.46. The van der Waals surface area contributed by atoms with Crippen molar-refractivity contribution in [3.63, 3.8) is 0 Å². The number of nitrogens with one attached hydrogen (secondary N) is 1. The molecule has 4 nitrogen and oxygen atoms in total. The summed E-state index contributed by atoms with van der Waals surface area (Å²) < 4.78 is 27.1. The van der Waals surface area contributed by atoms with Gasteiger partial charge in [-0.1, -0.05) is 6.07 Å². The summed E-state index contributed by atoms with van der Waals surface area (Å²) in [5, 5.41) is 2.90. The summed E-state index contributed by atoms with van der Waals surface area (Å²) in [6.45, 7) is 1.18. The van der Waals surface area contributed by atoms with Gasteiger partial charge in [0.25, 0.3) is 0 Å². The first kappa shape index (κ1) is 14.6. The molecular formula is C14H19F2N3O. The highest BCUT2D eigenvalue weighted by atomic mass is 19.1. The lowest BCUT2D eigenvalue weighted by atomic mass is 10.0. The maximum Gasteiger partial charge on any atom is 0.319 e. The molecule has 2 rings (SSSR count). The molecule has 0 unspecified atom stereocenters. The van der Waals surface area contributed by atoms with E-state index in [9.17, 15) is 13.6 Å². The van der Waals surface area contributed by atoms with Crippen molar-refractivity contribution in [3.05, 3.63) is 29.8 Å². The minimum Gasteiger partial charge on any atom is -0.377 e. The van der Waals surface area contributed by atoms with Gasteiger partial charge in [-0.25, -0.2) is 13.6 Å². The van der Waals surface area contributed by atoms with E-state index >= 15 is 0 Å². The summed E-state index contributed by atoms with van der Waals surface area (Å²) in [6, 6.07) is 3.76. The van der Waals surface area contributed by atoms with Crippen LogP contribution in [0.5, 0.6) is 0 Å². The normalized spacial score (nSPS) is 16.1. The number of piperidine rings is 1. The Bertz CT molecular complexity index is 465. The van der Waals surface area contributed by atoms with Gasteiger partial charge in [-0.05, 0) is 25.0 Å². The quantitative estimate of drug-likeness (QED) is 0.905. The van der Waals surface area contributed by atoms with Crippen LogP contribution in [-0.2, 0) is 0 Å². The van der Waals surface area contributed by atoms with Crippen LogP contribution < -0.4 is 5.32 Å². The van der Waals surface area contributed by atoms with Crippen molar-refractivity contribution < 1.29 is 13.6 Å². The van der Waals surface area contributed by atoms with E-state index in [0.717, 1.165) is 0 Å². The number of hydrogen-bond donors (Lipinski definition) is 1. The number of para-hydroxylation sites is 1. The second-order valence-electron chi connectivity index (χ2n) is 5.18. The minimum absolute atomic E-state index is 0.0207. The number of nitrogens with zero attached hydrogens (tertiary/aromatic N) is 2. The van der Waals surface area contributed by atoms with Gasteiger partial charge in [0.15, 0.2) is 0 Å². The van der Waals surface area contributed by atoms with Crippen LogP contribution in [0.15, 0.2) is 18.2 Å². The lowest BCUT2D eigenvalue weighted by molar-refractivity contribution is 0.158. The molecule has 1 heterocycles. The van der Waals surface area contributed by atoms with Crippen LogP contribution in [0.2, 0.25) is 0 Å². The highest BCUT2D eigenvalue weighted by Crippen LogP contribution is 2.22. The molecule has 20 heavy (non-hydrogen) atoms. The molecular weight excluding hydrogens is 264 g/mol. The third kappa shape index (κ3) is 3.18. The predicted molar refractivity (Wildman–Crippen MR) is 73.7 cm³/mol. The first-order valence-electron chi connectivity index (χ1n) is 6.66. The van der Waals surface area contributed by atoms with Crippen LogP contribution in [-0.4, -0.2) is 49.1 Å². The smallest absolute Gasteiger partial charge is 0.319 e. The fourth-order valence-corrected chi connectivity index (χ4v) is 2.34. The molecule has 1 saturated heterocycles. The van der Waals surface area contributed by atoms with Crippen LogP contribution in [0.4, 0.5) is 19.3 Å². The number of benzene rings is 1. The summed E-state index contributed by atoms with van der Waals surface area (Å²) in [4.78, 5) is 15.1. The average Bonchev–Trinajstić information content (AvgIpc) is 2.43. The number of urea groups is 1. The van der Waals surface area contributed by atoms with Gasteiger partial charge in [0.05, 0.1) is 0 Å². The van der Waals surface area contributed by atoms with Crippen molar-refractivity contribution in [1.82, 2.24) is 9.80 Å². The van der Waals surface area contributed by atoms with Crippen molar-refractivity contribution in [2.45, 2.75) is 18.9 Å². The number of likely N-dealkylation sites (tertiary alicyclic amines) is 1. The standard InChI is InChI=1S/C14H19F2N3O/c1-18(2)14(20)19-8-6-10(7-9-19)17-13-11(15)4-3-5-12(13)16/h3-5,10,17H,6-9H2,1-2H3. The Hall–Kier alpha value is -1.85. The van der Waals surface area contributed by atoms with E-state index in [1.165, 1.54) is 23.1 Å². The fraction of sp³-hybridized carbons (Fsp3) is 0.500. The maximum atomic E-state index is 13.5. The summed E-state index contributed by atoms with van der Waals surface area (Å²) >= 11 is 0. The number of halogens is 2. The summed E-state index contributed by atoms with van der Waals surface area (Å²) in [5.41, 5.74) is -0.0788. The number of anilines is 1. The summed E-state index contributed by atoms with van der Waals surface area (Å²) in [5.74, 6) is -1.17. The van der Waals surface area contributed by atoms with E-state index in [1.54, 1.807) is 19.0 Å². The van der Waals surface area contributed by atoms with E-state index in [1.807, 2.05) is 0 Å². The van der Waals surface area contributed by atoms with E-state index < -0.39 is 11.6 Å². The molecule has 1 fully saturated rings. The van der Waals surface area contributed by atoms with Gasteiger partial charge in [0.2, 0.25) is 0 Å². The fourth-order valence-electron chi connectivity index (χ4n) is 2.34. The number of hydrogen-bond acceptors (Lipinski definition) is 2. The molecule has 2 amide bonds. The van der Waals surface area contributed by atoms with Crippen molar-refractivity contribution in [3.8, 4) is 0 Å². The van der Waals surface area contributed by atoms with Crippen LogP contribution in [0.3, 0.4) is 0 Å². The molecule has 1 aromatic rings. The predicted octanol–water partition coefficient (Wildman–Crippen LogP) is 2.52. The average molecular weight is 283 g/mol. The molecule has 1 aliphatic rings. The van der Waals surface area contributed by atoms with Crippen LogP contribution in [0, 0.1) is 11.6 Å². The van der Waals surface area contributed by atoms with Gasteiger partial charge in [-0.2, -0.15) is 0 Å². The van der Waals surface area contributed by atoms with Crippen LogP contribution in [0.1, 0.15) is 12.8 Å². The molecule has 0 saturated carbocycles. The first-order valence-corrected chi connectivity index (χ1v) is 6.66. The molecule has 1 aliphatic heterocycles. The topological polar surface area (TPSA) is 35.6 Å².